The molecule has 0 saturated heterocycles. The van der Waals surface area contributed by atoms with Gasteiger partial charge in [0, 0.05) is 0 Å². The Morgan fingerprint density at radius 1 is 1.32 bits per heavy atom. The summed E-state index contributed by atoms with van der Waals surface area (Å²) in [6.45, 7) is 0. The molecule has 3 aromatic rings. The summed E-state index contributed by atoms with van der Waals surface area (Å²) in [5.74, 6) is -0.101. The van der Waals surface area contributed by atoms with Gasteiger partial charge in [0.25, 0.3) is 5.89 Å². The molecule has 1 aromatic heterocycles. The summed E-state index contributed by atoms with van der Waals surface area (Å²) in [4.78, 5) is 4.14. The Morgan fingerprint density at radius 3 is 2.64 bits per heavy atom. The molecule has 0 fully saturated rings. The second-order valence-electron chi connectivity index (χ2n) is 4.52. The smallest absolute Gasteiger partial charge is 0.325 e. The van der Waals surface area contributed by atoms with Gasteiger partial charge in [0.1, 0.15) is 11.6 Å². The summed E-state index contributed by atoms with van der Waals surface area (Å²) >= 11 is 0. The van der Waals surface area contributed by atoms with Crippen molar-refractivity contribution in [2.45, 2.75) is 0 Å². The van der Waals surface area contributed by atoms with Crippen LogP contribution in [0.15, 0.2) is 46.0 Å². The molecule has 0 aliphatic rings. The largest absolute Gasteiger partial charge is 0.434 e. The summed E-state index contributed by atoms with van der Waals surface area (Å²) in [6, 6.07) is 12.9. The van der Waals surface area contributed by atoms with E-state index in [4.69, 9.17) is 9.68 Å². The van der Waals surface area contributed by atoms with Gasteiger partial charge in [-0.2, -0.15) is 13.7 Å². The lowest BCUT2D eigenvalue weighted by Gasteiger charge is -1.94. The number of oxime groups is 1. The predicted molar refractivity (Wildman–Crippen MR) is 79.6 cm³/mol. The topological polar surface area (TPSA) is 106 Å². The highest BCUT2D eigenvalue weighted by Crippen LogP contribution is 2.23. The van der Waals surface area contributed by atoms with Gasteiger partial charge in [-0.3, -0.25) is 4.28 Å². The summed E-state index contributed by atoms with van der Waals surface area (Å²) in [5.41, 5.74) is 0.651. The van der Waals surface area contributed by atoms with Crippen LogP contribution in [0.1, 0.15) is 5.89 Å². The highest BCUT2D eigenvalue weighted by molar-refractivity contribution is 7.85. The van der Waals surface area contributed by atoms with Crippen LogP contribution in [0.5, 0.6) is 0 Å². The fourth-order valence-electron chi connectivity index (χ4n) is 1.93. The Bertz CT molecular complexity index is 992. The number of nitrogens with zero attached hydrogens (tertiary/aromatic N) is 3. The van der Waals surface area contributed by atoms with Crippen molar-refractivity contribution in [2.24, 2.45) is 5.16 Å². The van der Waals surface area contributed by atoms with E-state index in [2.05, 4.69) is 14.4 Å². The molecule has 1 heterocycles. The van der Waals surface area contributed by atoms with E-state index >= 15 is 0 Å². The van der Waals surface area contributed by atoms with Crippen LogP contribution in [0.3, 0.4) is 0 Å². The quantitative estimate of drug-likeness (QED) is 0.542. The van der Waals surface area contributed by atoms with E-state index in [1.54, 1.807) is 12.1 Å². The Kier molecular flexibility index (Phi) is 3.27. The van der Waals surface area contributed by atoms with Gasteiger partial charge in [-0.1, -0.05) is 24.3 Å². The molecule has 110 valence electrons. The minimum Gasteiger partial charge on any atom is -0.434 e. The fourth-order valence-corrected chi connectivity index (χ4v) is 2.14. The SMILES string of the molecule is CS(=O)(=O)ON=C(C#N)c1nc2cc3ccccc3cc2o1. The van der Waals surface area contributed by atoms with E-state index in [1.165, 1.54) is 0 Å². The molecule has 0 saturated carbocycles. The normalized spacial score (nSPS) is 12.5. The van der Waals surface area contributed by atoms with Crippen molar-refractivity contribution < 1.29 is 17.1 Å². The predicted octanol–water partition coefficient (Wildman–Crippen LogP) is 2.18. The maximum absolute atomic E-state index is 10.9. The van der Waals surface area contributed by atoms with Gasteiger partial charge in [0.15, 0.2) is 5.58 Å². The van der Waals surface area contributed by atoms with Crippen molar-refractivity contribution in [3.63, 3.8) is 0 Å². The van der Waals surface area contributed by atoms with E-state index in [0.717, 1.165) is 17.0 Å². The van der Waals surface area contributed by atoms with Crippen LogP contribution >= 0.6 is 0 Å². The van der Waals surface area contributed by atoms with E-state index in [1.807, 2.05) is 30.3 Å². The number of benzene rings is 2. The molecule has 22 heavy (non-hydrogen) atoms. The third-order valence-electron chi connectivity index (χ3n) is 2.83. The summed E-state index contributed by atoms with van der Waals surface area (Å²) in [6.07, 6.45) is 0.824. The Morgan fingerprint density at radius 2 is 2.00 bits per heavy atom. The first kappa shape index (κ1) is 14.0. The molecule has 0 bridgehead atoms. The zero-order valence-electron chi connectivity index (χ0n) is 11.3. The molecule has 0 atom stereocenters. The first-order chi connectivity index (χ1) is 10.5. The molecule has 0 aliphatic heterocycles. The highest BCUT2D eigenvalue weighted by Gasteiger charge is 2.15. The molecule has 0 unspecified atom stereocenters. The fraction of sp³-hybridized carbons (Fsp3) is 0.0714. The summed E-state index contributed by atoms with van der Waals surface area (Å²) in [5, 5.41) is 14.2. The van der Waals surface area contributed by atoms with E-state index in [-0.39, 0.29) is 11.6 Å². The van der Waals surface area contributed by atoms with Crippen LogP contribution in [0, 0.1) is 11.3 Å². The zero-order chi connectivity index (χ0) is 15.7. The van der Waals surface area contributed by atoms with Crippen molar-refractivity contribution in [1.82, 2.24) is 4.98 Å². The summed E-state index contributed by atoms with van der Waals surface area (Å²) < 4.78 is 31.6. The maximum Gasteiger partial charge on any atom is 0.325 e. The molecule has 0 spiro atoms. The van der Waals surface area contributed by atoms with Crippen LogP contribution in [0.4, 0.5) is 0 Å². The molecule has 0 amide bonds. The standard InChI is InChI=1S/C14H9N3O4S/c1-22(18,19)21-17-12(8-15)14-16-11-6-9-4-2-3-5-10(9)7-13(11)20-14/h2-7H,1H3. The molecule has 0 radical (unpaired) electrons. The van der Waals surface area contributed by atoms with Crippen molar-refractivity contribution >= 4 is 37.7 Å². The average molecular weight is 315 g/mol. The second-order valence-corrected chi connectivity index (χ2v) is 6.07. The first-order valence-electron chi connectivity index (χ1n) is 6.13. The lowest BCUT2D eigenvalue weighted by atomic mass is 10.1. The second kappa shape index (κ2) is 5.13. The van der Waals surface area contributed by atoms with Gasteiger partial charge in [0.2, 0.25) is 5.71 Å². The summed E-state index contributed by atoms with van der Waals surface area (Å²) in [7, 11) is -3.81. The van der Waals surface area contributed by atoms with Crippen LogP contribution in [0.25, 0.3) is 21.9 Å². The number of aromatic nitrogens is 1. The first-order valence-corrected chi connectivity index (χ1v) is 7.94. The van der Waals surface area contributed by atoms with Gasteiger partial charge >= 0.3 is 10.1 Å². The minimum absolute atomic E-state index is 0.101. The van der Waals surface area contributed by atoms with Gasteiger partial charge in [0.05, 0.1) is 6.26 Å². The van der Waals surface area contributed by atoms with Crippen LogP contribution < -0.4 is 0 Å². The van der Waals surface area contributed by atoms with Crippen LogP contribution in [-0.2, 0) is 14.4 Å². The van der Waals surface area contributed by atoms with E-state index < -0.39 is 10.1 Å². The number of nitriles is 1. The molecule has 3 rings (SSSR count). The number of fused-ring (bicyclic) bond motifs is 2. The van der Waals surface area contributed by atoms with Crippen molar-refractivity contribution in [1.29, 1.82) is 5.26 Å². The molecular weight excluding hydrogens is 306 g/mol. The van der Waals surface area contributed by atoms with Crippen molar-refractivity contribution in [2.75, 3.05) is 6.26 Å². The Balaban J connectivity index is 2.11. The lowest BCUT2D eigenvalue weighted by Crippen LogP contribution is -2.03. The third-order valence-corrected chi connectivity index (χ3v) is 3.17. The van der Waals surface area contributed by atoms with Gasteiger partial charge in [-0.05, 0) is 28.1 Å². The lowest BCUT2D eigenvalue weighted by molar-refractivity contribution is 0.342. The molecule has 7 nitrogen and oxygen atoms in total. The molecule has 8 heteroatoms. The molecule has 2 aromatic carbocycles. The van der Waals surface area contributed by atoms with Gasteiger partial charge < -0.3 is 4.42 Å². The highest BCUT2D eigenvalue weighted by atomic mass is 32.2. The Labute approximate surface area is 125 Å². The van der Waals surface area contributed by atoms with Gasteiger partial charge in [-0.15, -0.1) is 0 Å². The maximum atomic E-state index is 10.9. The van der Waals surface area contributed by atoms with Crippen molar-refractivity contribution in [3.05, 3.63) is 42.3 Å². The number of hydrogen-bond donors (Lipinski definition) is 0. The number of oxazole rings is 1. The molecular formula is C14H9N3O4S. The monoisotopic (exact) mass is 315 g/mol. The van der Waals surface area contributed by atoms with Crippen molar-refractivity contribution in [3.8, 4) is 6.07 Å². The van der Waals surface area contributed by atoms with Gasteiger partial charge in [-0.25, -0.2) is 4.98 Å². The van der Waals surface area contributed by atoms with Crippen LogP contribution in [0.2, 0.25) is 0 Å². The number of rotatable bonds is 3. The number of hydrogen-bond acceptors (Lipinski definition) is 7. The van der Waals surface area contributed by atoms with Crippen LogP contribution in [-0.4, -0.2) is 25.4 Å². The Hall–Kier alpha value is -2.92. The average Bonchev–Trinajstić information content (AvgIpc) is 2.86. The minimum atomic E-state index is -3.81. The van der Waals surface area contributed by atoms with E-state index in [9.17, 15) is 8.42 Å². The molecule has 0 N–H and O–H groups in total. The molecule has 0 aliphatic carbocycles. The third kappa shape index (κ3) is 2.75. The van der Waals surface area contributed by atoms with E-state index in [0.29, 0.717) is 11.1 Å². The zero-order valence-corrected chi connectivity index (χ0v) is 12.2.